The SMILES string of the molecule is CCOC(=O)c1c(C)[nH]c(C(=O)CNCCCN2CCOCC2)c1C. The van der Waals surface area contributed by atoms with Crippen LogP contribution in [0.1, 0.15) is 45.4 Å². The molecule has 1 aromatic rings. The molecule has 1 aliphatic heterocycles. The average Bonchev–Trinajstić information content (AvgIpc) is 2.90. The fourth-order valence-electron chi connectivity index (χ4n) is 3.08. The van der Waals surface area contributed by atoms with E-state index in [1.807, 2.05) is 0 Å². The normalized spacial score (nSPS) is 15.3. The fraction of sp³-hybridized carbons (Fsp3) is 0.667. The molecular weight excluding hydrogens is 322 g/mol. The zero-order valence-corrected chi connectivity index (χ0v) is 15.4. The zero-order valence-electron chi connectivity index (χ0n) is 15.4. The molecule has 0 saturated carbocycles. The Balaban J connectivity index is 1.78. The lowest BCUT2D eigenvalue weighted by Gasteiger charge is -2.26. The summed E-state index contributed by atoms with van der Waals surface area (Å²) >= 11 is 0. The summed E-state index contributed by atoms with van der Waals surface area (Å²) in [7, 11) is 0. The van der Waals surface area contributed by atoms with E-state index in [1.54, 1.807) is 20.8 Å². The number of aromatic amines is 1. The second-order valence-electron chi connectivity index (χ2n) is 6.25. The van der Waals surface area contributed by atoms with Gasteiger partial charge in [-0.3, -0.25) is 9.69 Å². The Kier molecular flexibility index (Phi) is 7.61. The van der Waals surface area contributed by atoms with Gasteiger partial charge in [0.2, 0.25) is 0 Å². The van der Waals surface area contributed by atoms with Gasteiger partial charge in [-0.25, -0.2) is 4.79 Å². The first-order chi connectivity index (χ1) is 12.0. The number of nitrogens with one attached hydrogen (secondary N) is 2. The molecule has 0 aromatic carbocycles. The Morgan fingerprint density at radius 3 is 2.68 bits per heavy atom. The molecular formula is C18H29N3O4. The van der Waals surface area contributed by atoms with Crippen LogP contribution in [0.2, 0.25) is 0 Å². The second-order valence-corrected chi connectivity index (χ2v) is 6.25. The summed E-state index contributed by atoms with van der Waals surface area (Å²) in [4.78, 5) is 29.8. The van der Waals surface area contributed by atoms with Crippen molar-refractivity contribution in [1.29, 1.82) is 0 Å². The van der Waals surface area contributed by atoms with Gasteiger partial charge in [-0.2, -0.15) is 0 Å². The predicted molar refractivity (Wildman–Crippen MR) is 95.3 cm³/mol. The molecule has 0 atom stereocenters. The minimum absolute atomic E-state index is 0.0393. The van der Waals surface area contributed by atoms with Crippen molar-refractivity contribution in [2.75, 3.05) is 52.5 Å². The number of ketones is 1. The van der Waals surface area contributed by atoms with Crippen LogP contribution in [0.5, 0.6) is 0 Å². The number of nitrogens with zero attached hydrogens (tertiary/aromatic N) is 1. The largest absolute Gasteiger partial charge is 0.462 e. The van der Waals surface area contributed by atoms with Gasteiger partial charge in [-0.1, -0.05) is 0 Å². The van der Waals surface area contributed by atoms with E-state index in [-0.39, 0.29) is 18.3 Å². The quantitative estimate of drug-likeness (QED) is 0.396. The van der Waals surface area contributed by atoms with E-state index in [2.05, 4.69) is 15.2 Å². The van der Waals surface area contributed by atoms with Crippen LogP contribution >= 0.6 is 0 Å². The molecule has 1 aliphatic rings. The van der Waals surface area contributed by atoms with Crippen LogP contribution < -0.4 is 5.32 Å². The van der Waals surface area contributed by atoms with Gasteiger partial charge in [0.15, 0.2) is 5.78 Å². The number of H-pyrrole nitrogens is 1. The van der Waals surface area contributed by atoms with E-state index >= 15 is 0 Å². The van der Waals surface area contributed by atoms with Crippen LogP contribution in [0.25, 0.3) is 0 Å². The Morgan fingerprint density at radius 2 is 2.00 bits per heavy atom. The third-order valence-corrected chi connectivity index (χ3v) is 4.41. The predicted octanol–water partition coefficient (Wildman–Crippen LogP) is 1.30. The van der Waals surface area contributed by atoms with Gasteiger partial charge >= 0.3 is 5.97 Å². The highest BCUT2D eigenvalue weighted by atomic mass is 16.5. The molecule has 2 rings (SSSR count). The summed E-state index contributed by atoms with van der Waals surface area (Å²) in [6.45, 7) is 11.3. The molecule has 0 radical (unpaired) electrons. The summed E-state index contributed by atoms with van der Waals surface area (Å²) in [5.41, 5.74) is 2.29. The molecule has 25 heavy (non-hydrogen) atoms. The number of carbonyl (C=O) groups is 2. The summed E-state index contributed by atoms with van der Waals surface area (Å²) in [5, 5.41) is 3.19. The van der Waals surface area contributed by atoms with Crippen molar-refractivity contribution in [3.63, 3.8) is 0 Å². The average molecular weight is 351 g/mol. The highest BCUT2D eigenvalue weighted by Gasteiger charge is 2.22. The number of hydrogen-bond donors (Lipinski definition) is 2. The number of ether oxygens (including phenoxy) is 2. The van der Waals surface area contributed by atoms with Crippen LogP contribution in [-0.2, 0) is 9.47 Å². The fourth-order valence-corrected chi connectivity index (χ4v) is 3.08. The van der Waals surface area contributed by atoms with Crippen molar-refractivity contribution in [1.82, 2.24) is 15.2 Å². The topological polar surface area (TPSA) is 83.7 Å². The first-order valence-corrected chi connectivity index (χ1v) is 8.94. The molecule has 2 heterocycles. The molecule has 0 amide bonds. The number of esters is 1. The van der Waals surface area contributed by atoms with E-state index in [0.29, 0.717) is 29.1 Å². The summed E-state index contributed by atoms with van der Waals surface area (Å²) < 4.78 is 10.4. The maximum absolute atomic E-state index is 12.4. The van der Waals surface area contributed by atoms with E-state index in [4.69, 9.17) is 9.47 Å². The molecule has 1 fully saturated rings. The Hall–Kier alpha value is -1.70. The van der Waals surface area contributed by atoms with Gasteiger partial charge in [0.1, 0.15) is 0 Å². The third kappa shape index (κ3) is 5.39. The minimum atomic E-state index is -0.383. The van der Waals surface area contributed by atoms with Gasteiger partial charge in [0.25, 0.3) is 0 Å². The van der Waals surface area contributed by atoms with Crippen molar-refractivity contribution in [2.45, 2.75) is 27.2 Å². The molecule has 0 spiro atoms. The zero-order chi connectivity index (χ0) is 18.2. The van der Waals surface area contributed by atoms with Gasteiger partial charge in [0, 0.05) is 18.8 Å². The number of aryl methyl sites for hydroxylation is 1. The highest BCUT2D eigenvalue weighted by Crippen LogP contribution is 2.19. The van der Waals surface area contributed by atoms with Crippen LogP contribution in [0.15, 0.2) is 0 Å². The maximum Gasteiger partial charge on any atom is 0.340 e. The summed E-state index contributed by atoms with van der Waals surface area (Å²) in [6, 6.07) is 0. The lowest BCUT2D eigenvalue weighted by atomic mass is 10.1. The molecule has 140 valence electrons. The molecule has 0 bridgehead atoms. The standard InChI is InChI=1S/C18H29N3O4/c1-4-25-18(23)16-13(2)17(20-14(16)3)15(22)12-19-6-5-7-21-8-10-24-11-9-21/h19-20H,4-12H2,1-3H3. The molecule has 1 saturated heterocycles. The number of carbonyl (C=O) groups excluding carboxylic acids is 2. The minimum Gasteiger partial charge on any atom is -0.462 e. The van der Waals surface area contributed by atoms with Crippen LogP contribution in [0.3, 0.4) is 0 Å². The first-order valence-electron chi connectivity index (χ1n) is 8.94. The van der Waals surface area contributed by atoms with E-state index in [0.717, 1.165) is 45.8 Å². The number of aromatic nitrogens is 1. The number of rotatable bonds is 9. The van der Waals surface area contributed by atoms with Gasteiger partial charge < -0.3 is 19.8 Å². The smallest absolute Gasteiger partial charge is 0.340 e. The number of hydrogen-bond acceptors (Lipinski definition) is 6. The molecule has 1 aromatic heterocycles. The van der Waals surface area contributed by atoms with Gasteiger partial charge in [0.05, 0.1) is 37.6 Å². The van der Waals surface area contributed by atoms with E-state index in [1.165, 1.54) is 0 Å². The molecule has 7 nitrogen and oxygen atoms in total. The Morgan fingerprint density at radius 1 is 1.28 bits per heavy atom. The van der Waals surface area contributed by atoms with E-state index < -0.39 is 0 Å². The second kappa shape index (κ2) is 9.70. The Bertz CT molecular complexity index is 591. The summed E-state index contributed by atoms with van der Waals surface area (Å²) in [5.74, 6) is -0.422. The van der Waals surface area contributed by atoms with Crippen LogP contribution in [0.4, 0.5) is 0 Å². The van der Waals surface area contributed by atoms with Crippen molar-refractivity contribution in [3.05, 3.63) is 22.5 Å². The summed E-state index contributed by atoms with van der Waals surface area (Å²) in [6.07, 6.45) is 0.990. The Labute approximate surface area is 149 Å². The van der Waals surface area contributed by atoms with Crippen molar-refractivity contribution >= 4 is 11.8 Å². The van der Waals surface area contributed by atoms with Crippen molar-refractivity contribution in [2.24, 2.45) is 0 Å². The molecule has 0 unspecified atom stereocenters. The molecule has 2 N–H and O–H groups in total. The van der Waals surface area contributed by atoms with Crippen LogP contribution in [-0.4, -0.2) is 74.2 Å². The van der Waals surface area contributed by atoms with E-state index in [9.17, 15) is 9.59 Å². The molecule has 0 aliphatic carbocycles. The van der Waals surface area contributed by atoms with Crippen molar-refractivity contribution in [3.8, 4) is 0 Å². The number of Topliss-reactive ketones (excluding diaryl/α,β-unsaturated/α-hetero) is 1. The maximum atomic E-state index is 12.4. The molecule has 7 heteroatoms. The van der Waals surface area contributed by atoms with Gasteiger partial charge in [-0.15, -0.1) is 0 Å². The van der Waals surface area contributed by atoms with Crippen molar-refractivity contribution < 1.29 is 19.1 Å². The lowest BCUT2D eigenvalue weighted by Crippen LogP contribution is -2.38. The monoisotopic (exact) mass is 351 g/mol. The van der Waals surface area contributed by atoms with Gasteiger partial charge in [-0.05, 0) is 45.8 Å². The number of morpholine rings is 1. The lowest BCUT2D eigenvalue weighted by molar-refractivity contribution is 0.0375. The third-order valence-electron chi connectivity index (χ3n) is 4.41. The highest BCUT2D eigenvalue weighted by molar-refractivity contribution is 6.02. The van der Waals surface area contributed by atoms with Crippen LogP contribution in [0, 0.1) is 13.8 Å². The first kappa shape index (κ1) is 19.6.